The van der Waals surface area contributed by atoms with Crippen LogP contribution < -0.4 is 10.8 Å². The highest BCUT2D eigenvalue weighted by atomic mass is 35.5. The number of halogens is 1. The number of hydrogen-bond donors (Lipinski definition) is 2. The summed E-state index contributed by atoms with van der Waals surface area (Å²) in [5.41, 5.74) is 3.20. The van der Waals surface area contributed by atoms with Crippen molar-refractivity contribution in [2.75, 3.05) is 6.61 Å². The number of unbranched alkanes of at least 4 members (excludes halogenated alkanes) is 2. The molecule has 0 fully saturated rings. The third-order valence-corrected chi connectivity index (χ3v) is 3.05. The zero-order valence-corrected chi connectivity index (χ0v) is 12.9. The molecule has 0 aliphatic carbocycles. The molecule has 1 rings (SSSR count). The smallest absolute Gasteiger partial charge is 0.249 e. The minimum Gasteiger partial charge on any atom is -0.350 e. The van der Waals surface area contributed by atoms with Gasteiger partial charge in [-0.15, -0.1) is 0 Å². The lowest BCUT2D eigenvalue weighted by Gasteiger charge is -2.07. The normalized spacial score (nSPS) is 10.2. The molecule has 0 spiro atoms. The van der Waals surface area contributed by atoms with Crippen molar-refractivity contribution in [1.29, 1.82) is 0 Å². The van der Waals surface area contributed by atoms with Crippen LogP contribution in [0.4, 0.5) is 0 Å². The van der Waals surface area contributed by atoms with Crippen LogP contribution in [0.1, 0.15) is 38.2 Å². The van der Waals surface area contributed by atoms with Crippen LogP contribution in [-0.2, 0) is 21.0 Å². The van der Waals surface area contributed by atoms with E-state index in [0.29, 0.717) is 18.0 Å². The van der Waals surface area contributed by atoms with Gasteiger partial charge >= 0.3 is 0 Å². The SMILES string of the molecule is CCCCCC(=O)NOCC(=O)NCc1ccc(Cl)cc1. The Kier molecular flexibility index (Phi) is 8.47. The second kappa shape index (κ2) is 10.2. The van der Waals surface area contributed by atoms with Crippen molar-refractivity contribution >= 4 is 23.4 Å². The second-order valence-corrected chi connectivity index (χ2v) is 5.11. The van der Waals surface area contributed by atoms with Crippen LogP contribution >= 0.6 is 11.6 Å². The van der Waals surface area contributed by atoms with Gasteiger partial charge in [-0.1, -0.05) is 43.5 Å². The average Bonchev–Trinajstić information content (AvgIpc) is 2.47. The van der Waals surface area contributed by atoms with Crippen molar-refractivity contribution in [3.05, 3.63) is 34.9 Å². The van der Waals surface area contributed by atoms with Crippen molar-refractivity contribution in [3.63, 3.8) is 0 Å². The van der Waals surface area contributed by atoms with Crippen LogP contribution in [0, 0.1) is 0 Å². The van der Waals surface area contributed by atoms with Gasteiger partial charge in [0.05, 0.1) is 0 Å². The predicted molar refractivity (Wildman–Crippen MR) is 81.5 cm³/mol. The summed E-state index contributed by atoms with van der Waals surface area (Å²) in [7, 11) is 0. The molecule has 2 N–H and O–H groups in total. The van der Waals surface area contributed by atoms with Gasteiger partial charge in [0.15, 0.2) is 6.61 Å². The van der Waals surface area contributed by atoms with Crippen molar-refractivity contribution in [2.24, 2.45) is 0 Å². The highest BCUT2D eigenvalue weighted by Crippen LogP contribution is 2.08. The Hall–Kier alpha value is -1.59. The Morgan fingerprint density at radius 2 is 1.86 bits per heavy atom. The molecular formula is C15H21ClN2O3. The van der Waals surface area contributed by atoms with E-state index in [0.717, 1.165) is 24.8 Å². The molecule has 5 nitrogen and oxygen atoms in total. The molecule has 0 atom stereocenters. The van der Waals surface area contributed by atoms with Gasteiger partial charge in [0.2, 0.25) is 11.8 Å². The zero-order chi connectivity index (χ0) is 15.5. The van der Waals surface area contributed by atoms with Crippen LogP contribution in [0.2, 0.25) is 5.02 Å². The first kappa shape index (κ1) is 17.5. The van der Waals surface area contributed by atoms with E-state index in [-0.39, 0.29) is 18.4 Å². The highest BCUT2D eigenvalue weighted by molar-refractivity contribution is 6.30. The maximum Gasteiger partial charge on any atom is 0.249 e. The summed E-state index contributed by atoms with van der Waals surface area (Å²) >= 11 is 5.77. The van der Waals surface area contributed by atoms with Crippen molar-refractivity contribution < 1.29 is 14.4 Å². The summed E-state index contributed by atoms with van der Waals surface area (Å²) < 4.78 is 0. The molecule has 0 aromatic heterocycles. The van der Waals surface area contributed by atoms with E-state index in [2.05, 4.69) is 17.7 Å². The maximum atomic E-state index is 11.5. The monoisotopic (exact) mass is 312 g/mol. The Morgan fingerprint density at radius 1 is 1.14 bits per heavy atom. The van der Waals surface area contributed by atoms with Gasteiger partial charge in [0.25, 0.3) is 0 Å². The number of hydroxylamine groups is 1. The predicted octanol–water partition coefficient (Wildman–Crippen LogP) is 2.58. The van der Waals surface area contributed by atoms with Gasteiger partial charge in [-0.25, -0.2) is 5.48 Å². The fraction of sp³-hybridized carbons (Fsp3) is 0.467. The summed E-state index contributed by atoms with van der Waals surface area (Å²) in [6, 6.07) is 7.18. The molecule has 21 heavy (non-hydrogen) atoms. The standard InChI is InChI=1S/C15H21ClN2O3/c1-2-3-4-5-14(19)18-21-11-15(20)17-10-12-6-8-13(16)9-7-12/h6-9H,2-5,10-11H2,1H3,(H,17,20)(H,18,19). The number of rotatable bonds is 9. The van der Waals surface area contributed by atoms with E-state index in [9.17, 15) is 9.59 Å². The van der Waals surface area contributed by atoms with E-state index < -0.39 is 0 Å². The van der Waals surface area contributed by atoms with Gasteiger partial charge in [-0.2, -0.15) is 0 Å². The van der Waals surface area contributed by atoms with Crippen molar-refractivity contribution in [1.82, 2.24) is 10.8 Å². The topological polar surface area (TPSA) is 67.4 Å². The molecule has 1 aromatic rings. The van der Waals surface area contributed by atoms with Gasteiger partial charge in [-0.05, 0) is 24.1 Å². The van der Waals surface area contributed by atoms with Gasteiger partial charge < -0.3 is 5.32 Å². The summed E-state index contributed by atoms with van der Waals surface area (Å²) in [5, 5.41) is 3.34. The zero-order valence-electron chi connectivity index (χ0n) is 12.2. The number of hydrogen-bond acceptors (Lipinski definition) is 3. The third-order valence-electron chi connectivity index (χ3n) is 2.80. The summed E-state index contributed by atoms with van der Waals surface area (Å²) in [5.74, 6) is -0.493. The number of benzene rings is 1. The maximum absolute atomic E-state index is 11.5. The van der Waals surface area contributed by atoms with Crippen LogP contribution in [0.3, 0.4) is 0 Å². The molecule has 0 bridgehead atoms. The fourth-order valence-corrected chi connectivity index (χ4v) is 1.75. The fourth-order valence-electron chi connectivity index (χ4n) is 1.62. The molecule has 0 aliphatic heterocycles. The van der Waals surface area contributed by atoms with E-state index in [4.69, 9.17) is 16.4 Å². The Bertz CT molecular complexity index is 449. The van der Waals surface area contributed by atoms with E-state index in [1.165, 1.54) is 0 Å². The Labute approximate surface area is 130 Å². The van der Waals surface area contributed by atoms with Gasteiger partial charge in [0, 0.05) is 18.0 Å². The number of amides is 2. The Balaban J connectivity index is 2.11. The van der Waals surface area contributed by atoms with E-state index >= 15 is 0 Å². The van der Waals surface area contributed by atoms with Crippen LogP contribution in [0.5, 0.6) is 0 Å². The number of carbonyl (C=O) groups is 2. The minimum atomic E-state index is -0.293. The summed E-state index contributed by atoms with van der Waals surface area (Å²) in [6.07, 6.45) is 3.31. The molecule has 6 heteroatoms. The number of carbonyl (C=O) groups excluding carboxylic acids is 2. The molecule has 2 amide bonds. The lowest BCUT2D eigenvalue weighted by molar-refractivity contribution is -0.139. The first-order valence-electron chi connectivity index (χ1n) is 7.03. The van der Waals surface area contributed by atoms with Crippen LogP contribution in [0.15, 0.2) is 24.3 Å². The Morgan fingerprint density at radius 3 is 2.52 bits per heavy atom. The molecule has 0 saturated carbocycles. The molecule has 1 aromatic carbocycles. The lowest BCUT2D eigenvalue weighted by atomic mass is 10.2. The highest BCUT2D eigenvalue weighted by Gasteiger charge is 2.04. The molecule has 116 valence electrons. The third kappa shape index (κ3) is 8.32. The van der Waals surface area contributed by atoms with E-state index in [1.54, 1.807) is 12.1 Å². The quantitative estimate of drug-likeness (QED) is 0.544. The van der Waals surface area contributed by atoms with Gasteiger partial charge in [0.1, 0.15) is 0 Å². The minimum absolute atomic E-state index is 0.200. The first-order valence-corrected chi connectivity index (χ1v) is 7.41. The van der Waals surface area contributed by atoms with Crippen molar-refractivity contribution in [3.8, 4) is 0 Å². The first-order chi connectivity index (χ1) is 10.1. The summed E-state index contributed by atoms with van der Waals surface area (Å²) in [4.78, 5) is 27.7. The average molecular weight is 313 g/mol. The van der Waals surface area contributed by atoms with E-state index in [1.807, 2.05) is 12.1 Å². The molecule has 0 unspecified atom stereocenters. The largest absolute Gasteiger partial charge is 0.350 e. The van der Waals surface area contributed by atoms with Gasteiger partial charge in [-0.3, -0.25) is 14.4 Å². The molecular weight excluding hydrogens is 292 g/mol. The molecule has 0 radical (unpaired) electrons. The number of nitrogens with one attached hydrogen (secondary N) is 2. The van der Waals surface area contributed by atoms with Crippen LogP contribution in [-0.4, -0.2) is 18.4 Å². The summed E-state index contributed by atoms with van der Waals surface area (Å²) in [6.45, 7) is 2.26. The second-order valence-electron chi connectivity index (χ2n) is 4.67. The van der Waals surface area contributed by atoms with Crippen molar-refractivity contribution in [2.45, 2.75) is 39.2 Å². The van der Waals surface area contributed by atoms with Crippen LogP contribution in [0.25, 0.3) is 0 Å². The molecule has 0 saturated heterocycles. The lowest BCUT2D eigenvalue weighted by Crippen LogP contribution is -2.32. The molecule has 0 heterocycles. The molecule has 0 aliphatic rings.